The molecule has 2 aromatic carbocycles. The van der Waals surface area contributed by atoms with Crippen molar-refractivity contribution in [3.63, 3.8) is 0 Å². The first-order valence-corrected chi connectivity index (χ1v) is 14.5. The fraction of sp³-hybridized carbons (Fsp3) is 0.441. The summed E-state index contributed by atoms with van der Waals surface area (Å²) in [4.78, 5) is 21.7. The molecule has 3 aromatic rings. The number of esters is 1. The number of carbonyl (C=O) groups excluding carboxylic acids is 1. The van der Waals surface area contributed by atoms with Gasteiger partial charge in [-0.3, -0.25) is 0 Å². The zero-order valence-electron chi connectivity index (χ0n) is 23.5. The summed E-state index contributed by atoms with van der Waals surface area (Å²) >= 11 is 0. The first kappa shape index (κ1) is 29.3. The van der Waals surface area contributed by atoms with Gasteiger partial charge in [0, 0.05) is 18.0 Å². The lowest BCUT2D eigenvalue weighted by Gasteiger charge is -2.08. The van der Waals surface area contributed by atoms with Crippen molar-refractivity contribution >= 4 is 5.97 Å². The lowest BCUT2D eigenvalue weighted by Crippen LogP contribution is -2.08. The van der Waals surface area contributed by atoms with Crippen molar-refractivity contribution in [1.29, 1.82) is 0 Å². The van der Waals surface area contributed by atoms with Crippen molar-refractivity contribution in [3.8, 4) is 17.1 Å². The largest absolute Gasteiger partial charge is 0.423 e. The van der Waals surface area contributed by atoms with Crippen LogP contribution in [-0.4, -0.2) is 15.9 Å². The molecule has 0 radical (unpaired) electrons. The lowest BCUT2D eigenvalue weighted by atomic mass is 10.00. The number of hydrogen-bond acceptors (Lipinski definition) is 4. The molecule has 0 aliphatic rings. The molecular weight excluding hydrogens is 468 g/mol. The van der Waals surface area contributed by atoms with Crippen molar-refractivity contribution < 1.29 is 9.53 Å². The molecule has 38 heavy (non-hydrogen) atoms. The van der Waals surface area contributed by atoms with E-state index >= 15 is 0 Å². The van der Waals surface area contributed by atoms with Gasteiger partial charge in [-0.15, -0.1) is 0 Å². The van der Waals surface area contributed by atoms with E-state index in [0.717, 1.165) is 43.6 Å². The minimum atomic E-state index is -0.348. The van der Waals surface area contributed by atoms with Gasteiger partial charge in [0.15, 0.2) is 5.82 Å². The van der Waals surface area contributed by atoms with Crippen LogP contribution in [-0.2, 0) is 12.8 Å². The standard InChI is InChI=1S/C34H44N2O2/c1-4-6-7-8-9-12-15-28-17-19-31(20-18-28)34(37)38-32-23-21-30(22-24-32)33-35-25-29(26-36-33)16-13-10-11-14-27(3)5-2/h6-7,17-27H,4-5,8-16H2,1-3H3/b7-6-/t27-/m0/s1. The maximum absolute atomic E-state index is 12.6. The Labute approximate surface area is 229 Å². The topological polar surface area (TPSA) is 52.1 Å². The molecule has 0 amide bonds. The number of ether oxygens (including phenoxy) is 1. The van der Waals surface area contributed by atoms with E-state index in [1.165, 1.54) is 49.7 Å². The molecule has 4 heteroatoms. The average molecular weight is 513 g/mol. The maximum atomic E-state index is 12.6. The van der Waals surface area contributed by atoms with Crippen LogP contribution in [0.1, 0.15) is 100 Å². The molecule has 0 N–H and O–H groups in total. The molecule has 0 unspecified atom stereocenters. The van der Waals surface area contributed by atoms with Crippen molar-refractivity contribution in [1.82, 2.24) is 9.97 Å². The van der Waals surface area contributed by atoms with Crippen molar-refractivity contribution in [2.75, 3.05) is 0 Å². The summed E-state index contributed by atoms with van der Waals surface area (Å²) in [6, 6.07) is 15.1. The van der Waals surface area contributed by atoms with Crippen LogP contribution >= 0.6 is 0 Å². The molecule has 202 valence electrons. The maximum Gasteiger partial charge on any atom is 0.343 e. The van der Waals surface area contributed by atoms with Crippen LogP contribution in [0.5, 0.6) is 5.75 Å². The minimum Gasteiger partial charge on any atom is -0.423 e. The number of aryl methyl sites for hydroxylation is 2. The summed E-state index contributed by atoms with van der Waals surface area (Å²) in [6.45, 7) is 6.75. The molecule has 1 heterocycles. The summed E-state index contributed by atoms with van der Waals surface area (Å²) in [7, 11) is 0. The molecule has 0 spiro atoms. The molecule has 0 aliphatic carbocycles. The monoisotopic (exact) mass is 512 g/mol. The van der Waals surface area contributed by atoms with Crippen LogP contribution in [0.2, 0.25) is 0 Å². The predicted molar refractivity (Wildman–Crippen MR) is 157 cm³/mol. The van der Waals surface area contributed by atoms with E-state index in [9.17, 15) is 4.79 Å². The Morgan fingerprint density at radius 1 is 0.816 bits per heavy atom. The van der Waals surface area contributed by atoms with Crippen molar-refractivity contribution in [2.45, 2.75) is 91.4 Å². The number of nitrogens with zero attached hydrogens (tertiary/aromatic N) is 2. The van der Waals surface area contributed by atoms with Gasteiger partial charge in [-0.05, 0) is 98.4 Å². The van der Waals surface area contributed by atoms with Gasteiger partial charge in [0.2, 0.25) is 0 Å². The van der Waals surface area contributed by atoms with Gasteiger partial charge < -0.3 is 4.74 Å². The Morgan fingerprint density at radius 2 is 1.50 bits per heavy atom. The second kappa shape index (κ2) is 16.5. The van der Waals surface area contributed by atoms with E-state index < -0.39 is 0 Å². The second-order valence-electron chi connectivity index (χ2n) is 10.3. The van der Waals surface area contributed by atoms with Crippen LogP contribution < -0.4 is 4.74 Å². The number of unbranched alkanes of at least 4 members (excludes halogenated alkanes) is 4. The smallest absolute Gasteiger partial charge is 0.343 e. The zero-order chi connectivity index (χ0) is 27.0. The van der Waals surface area contributed by atoms with E-state index in [1.807, 2.05) is 48.8 Å². The SMILES string of the molecule is CC/C=C\CCCCc1ccc(C(=O)Oc2ccc(-c3ncc(CCCCC[C@@H](C)CC)cn3)cc2)cc1. The lowest BCUT2D eigenvalue weighted by molar-refractivity contribution is 0.0734. The number of aromatic nitrogens is 2. The quantitative estimate of drug-likeness (QED) is 0.0830. The third-order valence-corrected chi connectivity index (χ3v) is 7.07. The van der Waals surface area contributed by atoms with Crippen LogP contribution in [0.3, 0.4) is 0 Å². The van der Waals surface area contributed by atoms with Crippen molar-refractivity contribution in [2.24, 2.45) is 5.92 Å². The van der Waals surface area contributed by atoms with Crippen LogP contribution in [0, 0.1) is 5.92 Å². The number of rotatable bonds is 16. The fourth-order valence-corrected chi connectivity index (χ4v) is 4.36. The van der Waals surface area contributed by atoms with E-state index in [4.69, 9.17) is 4.74 Å². The Morgan fingerprint density at radius 3 is 2.18 bits per heavy atom. The van der Waals surface area contributed by atoms with Gasteiger partial charge in [0.05, 0.1) is 5.56 Å². The van der Waals surface area contributed by atoms with Gasteiger partial charge in [-0.2, -0.15) is 0 Å². The van der Waals surface area contributed by atoms with E-state index in [0.29, 0.717) is 17.1 Å². The minimum absolute atomic E-state index is 0.348. The highest BCUT2D eigenvalue weighted by Crippen LogP contribution is 2.21. The fourth-order valence-electron chi connectivity index (χ4n) is 4.36. The van der Waals surface area contributed by atoms with E-state index in [1.54, 1.807) is 12.1 Å². The van der Waals surface area contributed by atoms with Gasteiger partial charge in [0.1, 0.15) is 5.75 Å². The Hall–Kier alpha value is -3.27. The second-order valence-corrected chi connectivity index (χ2v) is 10.3. The zero-order valence-corrected chi connectivity index (χ0v) is 23.5. The van der Waals surface area contributed by atoms with Crippen LogP contribution in [0.25, 0.3) is 11.4 Å². The predicted octanol–water partition coefficient (Wildman–Crippen LogP) is 9.19. The van der Waals surface area contributed by atoms with Gasteiger partial charge in [-0.25, -0.2) is 14.8 Å². The molecule has 0 saturated carbocycles. The summed E-state index contributed by atoms with van der Waals surface area (Å²) in [5.74, 6) is 1.67. The third-order valence-electron chi connectivity index (χ3n) is 7.07. The molecule has 0 fully saturated rings. The Balaban J connectivity index is 1.43. The molecule has 0 bridgehead atoms. The van der Waals surface area contributed by atoms with Gasteiger partial charge in [0.25, 0.3) is 0 Å². The Kier molecular flexibility index (Phi) is 12.8. The highest BCUT2D eigenvalue weighted by atomic mass is 16.5. The molecule has 1 atom stereocenters. The summed E-state index contributed by atoms with van der Waals surface area (Å²) in [6.07, 6.45) is 21.3. The van der Waals surface area contributed by atoms with Crippen LogP contribution in [0.15, 0.2) is 73.1 Å². The first-order valence-electron chi connectivity index (χ1n) is 14.5. The van der Waals surface area contributed by atoms with E-state index in [2.05, 4.69) is 42.9 Å². The first-order chi connectivity index (χ1) is 18.6. The van der Waals surface area contributed by atoms with Crippen LogP contribution in [0.4, 0.5) is 0 Å². The third kappa shape index (κ3) is 10.2. The summed E-state index contributed by atoms with van der Waals surface area (Å²) < 4.78 is 5.58. The highest BCUT2D eigenvalue weighted by Gasteiger charge is 2.10. The number of hydrogen-bond donors (Lipinski definition) is 0. The summed E-state index contributed by atoms with van der Waals surface area (Å²) in [5, 5.41) is 0. The molecule has 0 aliphatic heterocycles. The van der Waals surface area contributed by atoms with Gasteiger partial charge in [-0.1, -0.05) is 70.7 Å². The highest BCUT2D eigenvalue weighted by molar-refractivity contribution is 5.91. The molecular formula is C34H44N2O2. The molecule has 1 aromatic heterocycles. The molecule has 4 nitrogen and oxygen atoms in total. The molecule has 3 rings (SSSR count). The Bertz CT molecular complexity index is 1100. The molecule has 0 saturated heterocycles. The average Bonchev–Trinajstić information content (AvgIpc) is 2.95. The van der Waals surface area contributed by atoms with E-state index in [-0.39, 0.29) is 5.97 Å². The number of benzene rings is 2. The normalized spacial score (nSPS) is 12.1. The summed E-state index contributed by atoms with van der Waals surface area (Å²) in [5.41, 5.74) is 3.89. The van der Waals surface area contributed by atoms with Crippen molar-refractivity contribution in [3.05, 3.63) is 89.8 Å². The van der Waals surface area contributed by atoms with Gasteiger partial charge >= 0.3 is 5.97 Å². The number of carbonyl (C=O) groups is 1. The number of allylic oxidation sites excluding steroid dienone is 2.